The van der Waals surface area contributed by atoms with Crippen LogP contribution in [0, 0.1) is 5.82 Å². The van der Waals surface area contributed by atoms with Crippen LogP contribution >= 0.6 is 0 Å². The van der Waals surface area contributed by atoms with Gasteiger partial charge in [0.2, 0.25) is 10.0 Å². The van der Waals surface area contributed by atoms with E-state index in [2.05, 4.69) is 0 Å². The second-order valence-corrected chi connectivity index (χ2v) is 4.68. The Morgan fingerprint density at radius 1 is 1.47 bits per heavy atom. The zero-order valence-corrected chi connectivity index (χ0v) is 8.64. The van der Waals surface area contributed by atoms with E-state index in [1.54, 1.807) is 4.72 Å². The second-order valence-electron chi connectivity index (χ2n) is 2.93. The Bertz CT molecular complexity index is 499. The van der Waals surface area contributed by atoms with Crippen molar-refractivity contribution in [3.05, 3.63) is 29.6 Å². The molecule has 0 aliphatic rings. The van der Waals surface area contributed by atoms with Crippen molar-refractivity contribution in [3.8, 4) is 0 Å². The molecule has 0 atom stereocenters. The van der Waals surface area contributed by atoms with Crippen LogP contribution in [0.15, 0.2) is 18.2 Å². The number of nitrogens with two attached hydrogens (primary N) is 1. The summed E-state index contributed by atoms with van der Waals surface area (Å²) in [6.07, 6.45) is 0.820. The molecule has 0 aliphatic heterocycles. The predicted octanol–water partition coefficient (Wildman–Crippen LogP) is 0.0973. The Labute approximate surface area is 86.1 Å². The molecule has 3 N–H and O–H groups in total. The van der Waals surface area contributed by atoms with Crippen molar-refractivity contribution >= 4 is 21.6 Å². The molecule has 0 radical (unpaired) electrons. The van der Waals surface area contributed by atoms with Crippen molar-refractivity contribution in [3.63, 3.8) is 0 Å². The minimum Gasteiger partial charge on any atom is -0.398 e. The number of nitrogen functional groups attached to an aromatic ring is 1. The highest BCUT2D eigenvalue weighted by molar-refractivity contribution is 7.89. The third-order valence-corrected chi connectivity index (χ3v) is 2.09. The number of carbonyl (C=O) groups excluding carboxylic acids is 1. The minimum atomic E-state index is -3.68. The number of carbonyl (C=O) groups is 1. The van der Waals surface area contributed by atoms with Crippen molar-refractivity contribution in [2.45, 2.75) is 0 Å². The first-order valence-electron chi connectivity index (χ1n) is 3.87. The molecule has 1 amide bonds. The fourth-order valence-corrected chi connectivity index (χ4v) is 1.40. The standard InChI is InChI=1S/C8H9FN2O3S/c1-15(13,14)11-8(12)6-4-5(9)2-3-7(6)10/h2-4H,10H2,1H3,(H,11,12). The van der Waals surface area contributed by atoms with E-state index < -0.39 is 21.7 Å². The van der Waals surface area contributed by atoms with E-state index in [1.807, 2.05) is 0 Å². The number of anilines is 1. The quantitative estimate of drug-likeness (QED) is 0.707. The molecule has 0 aromatic heterocycles. The smallest absolute Gasteiger partial charge is 0.266 e. The summed E-state index contributed by atoms with van der Waals surface area (Å²) in [6.45, 7) is 0. The van der Waals surface area contributed by atoms with Gasteiger partial charge in [0.1, 0.15) is 5.82 Å². The molecule has 1 aromatic carbocycles. The molecule has 0 heterocycles. The zero-order valence-electron chi connectivity index (χ0n) is 7.82. The van der Waals surface area contributed by atoms with Gasteiger partial charge in [-0.1, -0.05) is 0 Å². The summed E-state index contributed by atoms with van der Waals surface area (Å²) >= 11 is 0. The SMILES string of the molecule is CS(=O)(=O)NC(=O)c1cc(F)ccc1N. The van der Waals surface area contributed by atoms with Gasteiger partial charge in [0.25, 0.3) is 5.91 Å². The van der Waals surface area contributed by atoms with Crippen LogP contribution in [0.1, 0.15) is 10.4 Å². The molecule has 1 rings (SSSR count). The van der Waals surface area contributed by atoms with E-state index in [0.29, 0.717) is 0 Å². The molecule has 0 saturated carbocycles. The second kappa shape index (κ2) is 3.85. The third kappa shape index (κ3) is 3.21. The average molecular weight is 232 g/mol. The van der Waals surface area contributed by atoms with E-state index >= 15 is 0 Å². The zero-order chi connectivity index (χ0) is 11.6. The molecule has 0 bridgehead atoms. The van der Waals surface area contributed by atoms with Gasteiger partial charge in [-0.2, -0.15) is 0 Å². The lowest BCUT2D eigenvalue weighted by molar-refractivity contribution is 0.0982. The van der Waals surface area contributed by atoms with Crippen molar-refractivity contribution in [1.82, 2.24) is 4.72 Å². The normalized spacial score (nSPS) is 11.1. The molecule has 7 heteroatoms. The van der Waals surface area contributed by atoms with E-state index in [4.69, 9.17) is 5.73 Å². The van der Waals surface area contributed by atoms with Gasteiger partial charge in [0, 0.05) is 5.69 Å². The fraction of sp³-hybridized carbons (Fsp3) is 0.125. The van der Waals surface area contributed by atoms with Crippen molar-refractivity contribution in [2.24, 2.45) is 0 Å². The monoisotopic (exact) mass is 232 g/mol. The van der Waals surface area contributed by atoms with Crippen LogP contribution in [0.5, 0.6) is 0 Å². The summed E-state index contributed by atoms with van der Waals surface area (Å²) in [5.41, 5.74) is 5.19. The lowest BCUT2D eigenvalue weighted by Crippen LogP contribution is -2.30. The summed E-state index contributed by atoms with van der Waals surface area (Å²) in [5, 5.41) is 0. The highest BCUT2D eigenvalue weighted by atomic mass is 32.2. The Balaban J connectivity index is 3.06. The maximum absolute atomic E-state index is 12.8. The number of amides is 1. The summed E-state index contributed by atoms with van der Waals surface area (Å²) in [5.74, 6) is -1.61. The molecule has 5 nitrogen and oxygen atoms in total. The molecule has 0 saturated heterocycles. The predicted molar refractivity (Wildman–Crippen MR) is 53.1 cm³/mol. The fourth-order valence-electron chi connectivity index (χ4n) is 0.949. The Morgan fingerprint density at radius 3 is 2.60 bits per heavy atom. The Hall–Kier alpha value is -1.63. The number of halogens is 1. The molecule has 82 valence electrons. The largest absolute Gasteiger partial charge is 0.398 e. The van der Waals surface area contributed by atoms with Gasteiger partial charge in [0.15, 0.2) is 0 Å². The van der Waals surface area contributed by atoms with Crippen LogP contribution in [0.2, 0.25) is 0 Å². The highest BCUT2D eigenvalue weighted by Crippen LogP contribution is 2.13. The van der Waals surface area contributed by atoms with Crippen molar-refractivity contribution in [1.29, 1.82) is 0 Å². The Kier molecular flexibility index (Phi) is 2.94. The van der Waals surface area contributed by atoms with Crippen LogP contribution in [-0.2, 0) is 10.0 Å². The molecule has 0 spiro atoms. The first-order chi connectivity index (χ1) is 6.79. The molecule has 0 fully saturated rings. The molecule has 0 aliphatic carbocycles. The van der Waals surface area contributed by atoms with E-state index in [0.717, 1.165) is 18.4 Å². The van der Waals surface area contributed by atoms with Gasteiger partial charge in [-0.05, 0) is 18.2 Å². The number of hydrogen-bond donors (Lipinski definition) is 2. The maximum Gasteiger partial charge on any atom is 0.266 e. The first-order valence-corrected chi connectivity index (χ1v) is 5.76. The minimum absolute atomic E-state index is 0.0116. The maximum atomic E-state index is 12.8. The van der Waals surface area contributed by atoms with Gasteiger partial charge in [-0.25, -0.2) is 17.5 Å². The lowest BCUT2D eigenvalue weighted by Gasteiger charge is -2.05. The number of benzene rings is 1. The summed E-state index contributed by atoms with van der Waals surface area (Å²) < 4.78 is 35.9. The molecule has 15 heavy (non-hydrogen) atoms. The van der Waals surface area contributed by atoms with Crippen molar-refractivity contribution < 1.29 is 17.6 Å². The highest BCUT2D eigenvalue weighted by Gasteiger charge is 2.14. The van der Waals surface area contributed by atoms with Crippen LogP contribution in [0.3, 0.4) is 0 Å². The van der Waals surface area contributed by atoms with Crippen LogP contribution < -0.4 is 10.5 Å². The van der Waals surface area contributed by atoms with Crippen LogP contribution in [-0.4, -0.2) is 20.6 Å². The molecule has 0 unspecified atom stereocenters. The molecular weight excluding hydrogens is 223 g/mol. The number of nitrogens with one attached hydrogen (secondary N) is 1. The van der Waals surface area contributed by atoms with Gasteiger partial charge >= 0.3 is 0 Å². The number of rotatable bonds is 2. The van der Waals surface area contributed by atoms with E-state index in [-0.39, 0.29) is 11.3 Å². The lowest BCUT2D eigenvalue weighted by atomic mass is 10.2. The van der Waals surface area contributed by atoms with E-state index in [1.165, 1.54) is 6.07 Å². The first kappa shape index (κ1) is 11.4. The number of hydrogen-bond acceptors (Lipinski definition) is 4. The average Bonchev–Trinajstić information content (AvgIpc) is 2.06. The Morgan fingerprint density at radius 2 is 2.07 bits per heavy atom. The summed E-state index contributed by atoms with van der Waals surface area (Å²) in [7, 11) is -3.68. The van der Waals surface area contributed by atoms with Gasteiger partial charge in [-0.15, -0.1) is 0 Å². The van der Waals surface area contributed by atoms with Gasteiger partial charge in [-0.3, -0.25) is 4.79 Å². The molecular formula is C8H9FN2O3S. The summed E-state index contributed by atoms with van der Waals surface area (Å²) in [4.78, 5) is 11.3. The summed E-state index contributed by atoms with van der Waals surface area (Å²) in [6, 6.07) is 3.13. The number of sulfonamides is 1. The topological polar surface area (TPSA) is 89.3 Å². The van der Waals surface area contributed by atoms with Crippen LogP contribution in [0.4, 0.5) is 10.1 Å². The third-order valence-electron chi connectivity index (χ3n) is 1.54. The van der Waals surface area contributed by atoms with Crippen LogP contribution in [0.25, 0.3) is 0 Å². The van der Waals surface area contributed by atoms with Gasteiger partial charge < -0.3 is 5.73 Å². The van der Waals surface area contributed by atoms with E-state index in [9.17, 15) is 17.6 Å². The molecule has 1 aromatic rings. The van der Waals surface area contributed by atoms with Gasteiger partial charge in [0.05, 0.1) is 11.8 Å². The van der Waals surface area contributed by atoms with Crippen molar-refractivity contribution in [2.75, 3.05) is 12.0 Å².